The summed E-state index contributed by atoms with van der Waals surface area (Å²) >= 11 is 0. The second kappa shape index (κ2) is 5.09. The summed E-state index contributed by atoms with van der Waals surface area (Å²) in [5.74, 6) is 1.84. The summed E-state index contributed by atoms with van der Waals surface area (Å²) < 4.78 is 8.65. The molecule has 0 radical (unpaired) electrons. The van der Waals surface area contributed by atoms with Gasteiger partial charge in [0.15, 0.2) is 0 Å². The molecule has 29 heavy (non-hydrogen) atoms. The van der Waals surface area contributed by atoms with E-state index in [4.69, 9.17) is 4.74 Å². The van der Waals surface area contributed by atoms with Gasteiger partial charge in [0.05, 0.1) is 22.7 Å². The van der Waals surface area contributed by atoms with E-state index in [0.717, 1.165) is 22.4 Å². The number of fused-ring (bicyclic) bond motifs is 8. The number of hydrogen-bond acceptors (Lipinski definition) is 2. The Balaban J connectivity index is 1.75. The first-order valence-electron chi connectivity index (χ1n) is 9.72. The average Bonchev–Trinajstić information content (AvgIpc) is 3.12. The van der Waals surface area contributed by atoms with Crippen LogP contribution in [0.1, 0.15) is 5.56 Å². The molecule has 0 N–H and O–H groups in total. The largest absolute Gasteiger partial charge is 0.458 e. The number of para-hydroxylation sites is 2. The summed E-state index contributed by atoms with van der Waals surface area (Å²) in [6, 6.07) is 29.4. The molecule has 5 aromatic rings. The van der Waals surface area contributed by atoms with E-state index in [2.05, 4.69) is 71.3 Å². The first kappa shape index (κ1) is 15.0. The summed E-state index contributed by atoms with van der Waals surface area (Å²) in [7, 11) is 0. The van der Waals surface area contributed by atoms with Crippen molar-refractivity contribution < 1.29 is 4.74 Å². The molecule has 0 saturated heterocycles. The second-order valence-electron chi connectivity index (χ2n) is 7.68. The molecule has 4 heteroatoms. The highest BCUT2D eigenvalue weighted by atomic mass is 16.5. The van der Waals surface area contributed by atoms with Crippen molar-refractivity contribution in [1.82, 2.24) is 4.57 Å². The minimum absolute atomic E-state index is 0.141. The lowest BCUT2D eigenvalue weighted by Crippen LogP contribution is -2.58. The van der Waals surface area contributed by atoms with Crippen molar-refractivity contribution in [2.45, 2.75) is 0 Å². The van der Waals surface area contributed by atoms with Crippen molar-refractivity contribution in [2.75, 3.05) is 0 Å². The van der Waals surface area contributed by atoms with Crippen LogP contribution in [0.15, 0.2) is 78.9 Å². The highest BCUT2D eigenvalue weighted by molar-refractivity contribution is 6.99. The quantitative estimate of drug-likeness (QED) is 0.384. The first-order valence-corrected chi connectivity index (χ1v) is 9.72. The molecule has 0 spiro atoms. The van der Waals surface area contributed by atoms with E-state index >= 15 is 0 Å². The van der Waals surface area contributed by atoms with E-state index in [1.54, 1.807) is 0 Å². The zero-order valence-corrected chi connectivity index (χ0v) is 15.4. The maximum absolute atomic E-state index is 9.46. The highest BCUT2D eigenvalue weighted by Gasteiger charge is 2.39. The summed E-state index contributed by atoms with van der Waals surface area (Å²) in [5, 5.41) is 11.8. The maximum atomic E-state index is 9.46. The molecule has 3 nitrogen and oxygen atoms in total. The van der Waals surface area contributed by atoms with Gasteiger partial charge in [-0.3, -0.25) is 0 Å². The average molecular weight is 368 g/mol. The van der Waals surface area contributed by atoms with E-state index in [1.165, 1.54) is 33.0 Å². The van der Waals surface area contributed by atoms with Crippen LogP contribution >= 0.6 is 0 Å². The van der Waals surface area contributed by atoms with E-state index < -0.39 is 0 Å². The predicted molar refractivity (Wildman–Crippen MR) is 117 cm³/mol. The molecule has 4 aromatic carbocycles. The molecular formula is C25H13BN2O. The lowest BCUT2D eigenvalue weighted by atomic mass is 9.34. The van der Waals surface area contributed by atoms with Gasteiger partial charge in [-0.15, -0.1) is 0 Å². The molecule has 0 aliphatic carbocycles. The Labute approximate surface area is 167 Å². The van der Waals surface area contributed by atoms with Crippen molar-refractivity contribution in [1.29, 1.82) is 5.26 Å². The summed E-state index contributed by atoms with van der Waals surface area (Å²) in [6.07, 6.45) is 0. The molecule has 7 rings (SSSR count). The van der Waals surface area contributed by atoms with Crippen LogP contribution in [-0.4, -0.2) is 11.3 Å². The Hall–Kier alpha value is -3.97. The van der Waals surface area contributed by atoms with Crippen LogP contribution < -0.4 is 21.1 Å². The molecular weight excluding hydrogens is 355 g/mol. The third-order valence-corrected chi connectivity index (χ3v) is 6.29. The van der Waals surface area contributed by atoms with Crippen LogP contribution in [-0.2, 0) is 0 Å². The maximum Gasteiger partial charge on any atom is 0.256 e. The van der Waals surface area contributed by atoms with Crippen molar-refractivity contribution >= 4 is 44.9 Å². The standard InChI is InChI=1S/C25H13BN2O/c27-14-15-9-10-16-17-11-12-23-24-25(17)28(21(16)13-15)20-7-3-1-5-18(20)26(24)19-6-2-4-8-22(19)29-23/h1-13H. The van der Waals surface area contributed by atoms with Gasteiger partial charge >= 0.3 is 0 Å². The Morgan fingerprint density at radius 2 is 1.59 bits per heavy atom. The molecule has 0 atom stereocenters. The van der Waals surface area contributed by atoms with Gasteiger partial charge in [-0.05, 0) is 52.8 Å². The Morgan fingerprint density at radius 1 is 0.793 bits per heavy atom. The van der Waals surface area contributed by atoms with Crippen molar-refractivity contribution in [2.24, 2.45) is 0 Å². The second-order valence-corrected chi connectivity index (χ2v) is 7.68. The molecule has 0 bridgehead atoms. The molecule has 132 valence electrons. The van der Waals surface area contributed by atoms with Crippen molar-refractivity contribution in [3.63, 3.8) is 0 Å². The van der Waals surface area contributed by atoms with Gasteiger partial charge < -0.3 is 9.30 Å². The van der Waals surface area contributed by atoms with Crippen LogP contribution in [0.3, 0.4) is 0 Å². The third kappa shape index (κ3) is 1.73. The summed E-state index contributed by atoms with van der Waals surface area (Å²) in [6.45, 7) is 0.141. The van der Waals surface area contributed by atoms with E-state index in [1.807, 2.05) is 18.2 Å². The van der Waals surface area contributed by atoms with Gasteiger partial charge in [-0.1, -0.05) is 42.5 Å². The van der Waals surface area contributed by atoms with Crippen LogP contribution in [0.25, 0.3) is 27.5 Å². The van der Waals surface area contributed by atoms with E-state index in [-0.39, 0.29) is 6.71 Å². The molecule has 0 saturated carbocycles. The minimum Gasteiger partial charge on any atom is -0.458 e. The molecule has 0 fully saturated rings. The number of aromatic nitrogens is 1. The Bertz CT molecular complexity index is 1560. The van der Waals surface area contributed by atoms with Gasteiger partial charge in [0.1, 0.15) is 11.5 Å². The zero-order valence-electron chi connectivity index (χ0n) is 15.4. The van der Waals surface area contributed by atoms with Gasteiger partial charge in [-0.2, -0.15) is 5.26 Å². The van der Waals surface area contributed by atoms with Crippen molar-refractivity contribution in [3.8, 4) is 23.3 Å². The van der Waals surface area contributed by atoms with E-state index in [9.17, 15) is 5.26 Å². The lowest BCUT2D eigenvalue weighted by molar-refractivity contribution is 0.488. The molecule has 3 heterocycles. The number of rotatable bonds is 0. The smallest absolute Gasteiger partial charge is 0.256 e. The van der Waals surface area contributed by atoms with Crippen LogP contribution in [0.4, 0.5) is 0 Å². The molecule has 2 aliphatic rings. The minimum atomic E-state index is 0.141. The van der Waals surface area contributed by atoms with Crippen LogP contribution in [0.5, 0.6) is 11.5 Å². The monoisotopic (exact) mass is 368 g/mol. The summed E-state index contributed by atoms with van der Waals surface area (Å²) in [4.78, 5) is 0. The fourth-order valence-corrected chi connectivity index (χ4v) is 5.14. The normalized spacial score (nSPS) is 13.0. The summed E-state index contributed by atoms with van der Waals surface area (Å²) in [5.41, 5.74) is 7.79. The number of benzene rings is 4. The molecule has 2 aliphatic heterocycles. The molecule has 0 unspecified atom stereocenters. The van der Waals surface area contributed by atoms with Gasteiger partial charge in [-0.25, -0.2) is 0 Å². The number of hydrogen-bond donors (Lipinski definition) is 0. The third-order valence-electron chi connectivity index (χ3n) is 6.29. The SMILES string of the molecule is N#Cc1ccc2c3ccc4c5c3n(c2c1)-c1ccccc1B5c1ccccc1O4. The van der Waals surface area contributed by atoms with Crippen LogP contribution in [0.2, 0.25) is 0 Å². The predicted octanol–water partition coefficient (Wildman–Crippen LogP) is 3.59. The molecule has 0 amide bonds. The zero-order chi connectivity index (χ0) is 19.1. The topological polar surface area (TPSA) is 38.0 Å². The fraction of sp³-hybridized carbons (Fsp3) is 0. The number of nitriles is 1. The Morgan fingerprint density at radius 3 is 2.48 bits per heavy atom. The van der Waals surface area contributed by atoms with Gasteiger partial charge in [0, 0.05) is 16.5 Å². The highest BCUT2D eigenvalue weighted by Crippen LogP contribution is 2.38. The Kier molecular flexibility index (Phi) is 2.64. The van der Waals surface area contributed by atoms with Gasteiger partial charge in [0.2, 0.25) is 0 Å². The van der Waals surface area contributed by atoms with Gasteiger partial charge in [0.25, 0.3) is 6.71 Å². The lowest BCUT2D eigenvalue weighted by Gasteiger charge is -2.32. The van der Waals surface area contributed by atoms with Crippen LogP contribution in [0, 0.1) is 11.3 Å². The molecule has 1 aromatic heterocycles. The fourth-order valence-electron chi connectivity index (χ4n) is 5.14. The number of ether oxygens (including phenoxy) is 1. The first-order chi connectivity index (χ1) is 14.3. The number of nitrogens with zero attached hydrogens (tertiary/aromatic N) is 2. The van der Waals surface area contributed by atoms with E-state index in [0.29, 0.717) is 5.56 Å². The van der Waals surface area contributed by atoms with Crippen molar-refractivity contribution in [3.05, 3.63) is 84.4 Å².